The molecule has 19 heavy (non-hydrogen) atoms. The molecule has 0 aliphatic heterocycles. The maximum Gasteiger partial charge on any atom is 0.161 e. The number of anilines is 1. The van der Waals surface area contributed by atoms with Gasteiger partial charge in [-0.05, 0) is 42.0 Å². The molecule has 0 fully saturated rings. The van der Waals surface area contributed by atoms with Gasteiger partial charge in [0.05, 0.1) is 14.2 Å². The van der Waals surface area contributed by atoms with E-state index in [4.69, 9.17) is 21.1 Å². The minimum absolute atomic E-state index is 0.710. The predicted molar refractivity (Wildman–Crippen MR) is 78.3 cm³/mol. The number of hydrogen-bond donors (Lipinski definition) is 1. The smallest absolute Gasteiger partial charge is 0.161 e. The number of ether oxygens (including phenoxy) is 2. The maximum atomic E-state index is 5.84. The number of halogens is 1. The maximum absolute atomic E-state index is 5.84. The lowest BCUT2D eigenvalue weighted by Gasteiger charge is -2.11. The molecule has 0 atom stereocenters. The lowest BCUT2D eigenvalue weighted by atomic mass is 10.2. The molecule has 0 saturated heterocycles. The molecule has 0 spiro atoms. The summed E-state index contributed by atoms with van der Waals surface area (Å²) >= 11 is 5.84. The summed E-state index contributed by atoms with van der Waals surface area (Å²) in [6.07, 6.45) is 0. The zero-order valence-corrected chi connectivity index (χ0v) is 11.7. The molecule has 0 heterocycles. The zero-order valence-electron chi connectivity index (χ0n) is 10.9. The molecule has 0 saturated carbocycles. The van der Waals surface area contributed by atoms with Crippen molar-refractivity contribution in [3.05, 3.63) is 53.1 Å². The number of benzene rings is 2. The molecule has 4 heteroatoms. The van der Waals surface area contributed by atoms with Crippen LogP contribution < -0.4 is 14.8 Å². The minimum atomic E-state index is 0.710. The van der Waals surface area contributed by atoms with E-state index < -0.39 is 0 Å². The zero-order chi connectivity index (χ0) is 13.7. The average molecular weight is 278 g/mol. The quantitative estimate of drug-likeness (QED) is 0.897. The van der Waals surface area contributed by atoms with E-state index in [2.05, 4.69) is 5.32 Å². The third kappa shape index (κ3) is 3.55. The Labute approximate surface area is 118 Å². The highest BCUT2D eigenvalue weighted by Crippen LogP contribution is 2.27. The molecule has 0 aliphatic carbocycles. The Morgan fingerprint density at radius 3 is 2.26 bits per heavy atom. The molecular weight excluding hydrogens is 262 g/mol. The van der Waals surface area contributed by atoms with Crippen LogP contribution in [0.3, 0.4) is 0 Å². The topological polar surface area (TPSA) is 30.5 Å². The van der Waals surface area contributed by atoms with Gasteiger partial charge in [-0.1, -0.05) is 17.7 Å². The molecule has 100 valence electrons. The van der Waals surface area contributed by atoms with Crippen LogP contribution in [0.15, 0.2) is 42.5 Å². The first kappa shape index (κ1) is 13.6. The van der Waals surface area contributed by atoms with Gasteiger partial charge in [0.1, 0.15) is 0 Å². The molecule has 2 aromatic carbocycles. The van der Waals surface area contributed by atoms with Crippen LogP contribution in [0.2, 0.25) is 5.02 Å². The Morgan fingerprint density at radius 1 is 0.947 bits per heavy atom. The summed E-state index contributed by atoms with van der Waals surface area (Å²) in [5.74, 6) is 1.47. The largest absolute Gasteiger partial charge is 0.493 e. The monoisotopic (exact) mass is 277 g/mol. The lowest BCUT2D eigenvalue weighted by molar-refractivity contribution is 0.354. The number of methoxy groups -OCH3 is 2. The van der Waals surface area contributed by atoms with Crippen molar-refractivity contribution in [2.75, 3.05) is 19.5 Å². The SMILES string of the molecule is COc1ccc(CNc2ccc(Cl)cc2)cc1OC. The van der Waals surface area contributed by atoms with Crippen molar-refractivity contribution < 1.29 is 9.47 Å². The van der Waals surface area contributed by atoms with Crippen LogP contribution in [0.25, 0.3) is 0 Å². The Hall–Kier alpha value is -1.87. The second-order valence-electron chi connectivity index (χ2n) is 4.05. The highest BCUT2D eigenvalue weighted by Gasteiger charge is 2.04. The first-order valence-corrected chi connectivity index (χ1v) is 6.31. The molecular formula is C15H16ClNO2. The molecule has 3 nitrogen and oxygen atoms in total. The van der Waals surface area contributed by atoms with Gasteiger partial charge in [0.25, 0.3) is 0 Å². The first-order chi connectivity index (χ1) is 9.22. The van der Waals surface area contributed by atoms with E-state index in [0.29, 0.717) is 6.54 Å². The third-order valence-corrected chi connectivity index (χ3v) is 3.04. The Bertz CT molecular complexity index is 540. The highest BCUT2D eigenvalue weighted by atomic mass is 35.5. The standard InChI is InChI=1S/C15H16ClNO2/c1-18-14-8-3-11(9-15(14)19-2)10-17-13-6-4-12(16)5-7-13/h3-9,17H,10H2,1-2H3. The summed E-state index contributed by atoms with van der Waals surface area (Å²) in [6, 6.07) is 13.5. The highest BCUT2D eigenvalue weighted by molar-refractivity contribution is 6.30. The summed E-state index contributed by atoms with van der Waals surface area (Å²) in [7, 11) is 3.26. The average Bonchev–Trinajstić information content (AvgIpc) is 2.46. The van der Waals surface area contributed by atoms with E-state index in [1.807, 2.05) is 42.5 Å². The van der Waals surface area contributed by atoms with Crippen LogP contribution in [0, 0.1) is 0 Å². The van der Waals surface area contributed by atoms with E-state index in [-0.39, 0.29) is 0 Å². The van der Waals surface area contributed by atoms with Gasteiger partial charge < -0.3 is 14.8 Å². The third-order valence-electron chi connectivity index (χ3n) is 2.79. The van der Waals surface area contributed by atoms with Crippen molar-refractivity contribution in [2.45, 2.75) is 6.54 Å². The van der Waals surface area contributed by atoms with Crippen LogP contribution in [-0.4, -0.2) is 14.2 Å². The second-order valence-corrected chi connectivity index (χ2v) is 4.49. The fourth-order valence-corrected chi connectivity index (χ4v) is 1.89. The molecule has 2 aromatic rings. The van der Waals surface area contributed by atoms with Gasteiger partial charge in [-0.15, -0.1) is 0 Å². The summed E-state index contributed by atoms with van der Waals surface area (Å²) in [4.78, 5) is 0. The second kappa shape index (κ2) is 6.34. The van der Waals surface area contributed by atoms with E-state index in [1.54, 1.807) is 14.2 Å². The van der Waals surface area contributed by atoms with E-state index in [0.717, 1.165) is 27.8 Å². The van der Waals surface area contributed by atoms with Gasteiger partial charge in [-0.3, -0.25) is 0 Å². The van der Waals surface area contributed by atoms with Crippen LogP contribution in [-0.2, 0) is 6.54 Å². The summed E-state index contributed by atoms with van der Waals surface area (Å²) < 4.78 is 10.5. The minimum Gasteiger partial charge on any atom is -0.493 e. The van der Waals surface area contributed by atoms with Crippen molar-refractivity contribution in [3.8, 4) is 11.5 Å². The van der Waals surface area contributed by atoms with E-state index in [9.17, 15) is 0 Å². The van der Waals surface area contributed by atoms with Gasteiger partial charge in [-0.25, -0.2) is 0 Å². The lowest BCUT2D eigenvalue weighted by Crippen LogP contribution is -2.00. The van der Waals surface area contributed by atoms with Gasteiger partial charge >= 0.3 is 0 Å². The fourth-order valence-electron chi connectivity index (χ4n) is 1.76. The summed E-state index contributed by atoms with van der Waals surface area (Å²) in [5, 5.41) is 4.05. The molecule has 1 N–H and O–H groups in total. The van der Waals surface area contributed by atoms with Crippen LogP contribution in [0.1, 0.15) is 5.56 Å². The van der Waals surface area contributed by atoms with Crippen LogP contribution in [0.4, 0.5) is 5.69 Å². The molecule has 0 aliphatic rings. The molecule has 0 aromatic heterocycles. The molecule has 0 unspecified atom stereocenters. The first-order valence-electron chi connectivity index (χ1n) is 5.93. The summed E-state index contributed by atoms with van der Waals surface area (Å²) in [5.41, 5.74) is 2.15. The molecule has 0 radical (unpaired) electrons. The van der Waals surface area contributed by atoms with Crippen molar-refractivity contribution in [1.82, 2.24) is 0 Å². The van der Waals surface area contributed by atoms with Crippen molar-refractivity contribution in [1.29, 1.82) is 0 Å². The van der Waals surface area contributed by atoms with Crippen molar-refractivity contribution in [3.63, 3.8) is 0 Å². The number of rotatable bonds is 5. The van der Waals surface area contributed by atoms with E-state index >= 15 is 0 Å². The number of hydrogen-bond acceptors (Lipinski definition) is 3. The Morgan fingerprint density at radius 2 is 1.63 bits per heavy atom. The Kier molecular flexibility index (Phi) is 4.53. The van der Waals surface area contributed by atoms with Gasteiger partial charge in [0.2, 0.25) is 0 Å². The predicted octanol–water partition coefficient (Wildman–Crippen LogP) is 3.97. The number of nitrogens with one attached hydrogen (secondary N) is 1. The molecule has 2 rings (SSSR count). The normalized spacial score (nSPS) is 10.1. The molecule has 0 bridgehead atoms. The summed E-state index contributed by atoms with van der Waals surface area (Å²) in [6.45, 7) is 0.710. The van der Waals surface area contributed by atoms with Crippen molar-refractivity contribution in [2.24, 2.45) is 0 Å². The van der Waals surface area contributed by atoms with Crippen LogP contribution in [0.5, 0.6) is 11.5 Å². The van der Waals surface area contributed by atoms with Crippen molar-refractivity contribution >= 4 is 17.3 Å². The van der Waals surface area contributed by atoms with Gasteiger partial charge in [-0.2, -0.15) is 0 Å². The van der Waals surface area contributed by atoms with Gasteiger partial charge in [0.15, 0.2) is 11.5 Å². The van der Waals surface area contributed by atoms with Crippen LogP contribution >= 0.6 is 11.6 Å². The fraction of sp³-hybridized carbons (Fsp3) is 0.200. The molecule has 0 amide bonds. The van der Waals surface area contributed by atoms with Gasteiger partial charge in [0, 0.05) is 17.3 Å². The van der Waals surface area contributed by atoms with E-state index in [1.165, 1.54) is 0 Å². The Balaban J connectivity index is 2.05.